The van der Waals surface area contributed by atoms with Gasteiger partial charge in [-0.05, 0) is 42.8 Å². The number of esters is 1. The Kier molecular flexibility index (Phi) is 7.39. The average Bonchev–Trinajstić information content (AvgIpc) is 3.04. The van der Waals surface area contributed by atoms with E-state index in [0.29, 0.717) is 0 Å². The molecule has 3 rings (SSSR count). The highest BCUT2D eigenvalue weighted by atomic mass is 79.9. The quantitative estimate of drug-likeness (QED) is 0.369. The number of carbonyl (C=O) groups excluding carboxylic acids is 1. The fraction of sp³-hybridized carbons (Fsp3) is 0.478. The molecule has 6 nitrogen and oxygen atoms in total. The molecule has 35 heavy (non-hydrogen) atoms. The van der Waals surface area contributed by atoms with Crippen molar-refractivity contribution < 1.29 is 41.0 Å². The molecule has 0 bridgehead atoms. The minimum Gasteiger partial charge on any atom is -0.493 e. The van der Waals surface area contributed by atoms with Crippen LogP contribution in [0.25, 0.3) is 0 Å². The molecule has 0 radical (unpaired) electrons. The summed E-state index contributed by atoms with van der Waals surface area (Å²) in [5.41, 5.74) is -3.99. The molecule has 0 unspecified atom stereocenters. The molecular formula is C23H23BrF5NO5. The van der Waals surface area contributed by atoms with Crippen LogP contribution in [0.4, 0.5) is 22.0 Å². The van der Waals surface area contributed by atoms with Crippen molar-refractivity contribution in [2.24, 2.45) is 5.92 Å². The second kappa shape index (κ2) is 9.53. The van der Waals surface area contributed by atoms with Crippen LogP contribution in [0, 0.1) is 24.5 Å². The molecular weight excluding hydrogens is 545 g/mol. The van der Waals surface area contributed by atoms with Crippen LogP contribution >= 0.6 is 15.9 Å². The largest absolute Gasteiger partial charge is 0.493 e. The summed E-state index contributed by atoms with van der Waals surface area (Å²) < 4.78 is 86.2. The summed E-state index contributed by atoms with van der Waals surface area (Å²) in [7, 11) is 1.07. The van der Waals surface area contributed by atoms with Gasteiger partial charge in [-0.1, -0.05) is 13.0 Å². The Bertz CT molecular complexity index is 1210. The number of rotatable bonds is 5. The molecule has 0 spiro atoms. The molecule has 192 valence electrons. The third-order valence-electron chi connectivity index (χ3n) is 6.44. The fourth-order valence-corrected chi connectivity index (χ4v) is 4.95. The molecule has 0 aliphatic carbocycles. The Morgan fingerprint density at radius 2 is 1.91 bits per heavy atom. The maximum Gasteiger partial charge on any atom is 0.417 e. The molecule has 1 aromatic carbocycles. The second-order valence-electron chi connectivity index (χ2n) is 8.34. The average molecular weight is 568 g/mol. The molecule has 0 amide bonds. The van der Waals surface area contributed by atoms with Crippen LogP contribution in [0.15, 0.2) is 21.4 Å². The molecule has 1 saturated heterocycles. The summed E-state index contributed by atoms with van der Waals surface area (Å²) in [6, 6.07) is 1.91. The van der Waals surface area contributed by atoms with E-state index >= 15 is 0 Å². The minimum absolute atomic E-state index is 0.00225. The lowest BCUT2D eigenvalue weighted by atomic mass is 9.76. The van der Waals surface area contributed by atoms with E-state index in [1.54, 1.807) is 6.92 Å². The fourth-order valence-electron chi connectivity index (χ4n) is 4.43. The number of aromatic nitrogens is 1. The first-order chi connectivity index (χ1) is 16.2. The van der Waals surface area contributed by atoms with Gasteiger partial charge in [-0.25, -0.2) is 9.18 Å². The number of nitrogens with one attached hydrogen (secondary N) is 1. The van der Waals surface area contributed by atoms with Crippen LogP contribution in [0.5, 0.6) is 5.75 Å². The van der Waals surface area contributed by atoms with Crippen LogP contribution in [0.1, 0.15) is 60.1 Å². The standard InChI is InChI=1S/C23H23BrF5NO5/c1-6-34-21(32)14-10(3)30-17(15(24)18(14)31)20-13(9(2)22(4,35-20)23(27,28)29)11-7-8-12(25)16(26)19(11)33-5/h7-9,13,20H,6H2,1-5H3,(H,30,31)/t9-,13-,20+,22+/m0/s1. The maximum atomic E-state index is 14.5. The van der Waals surface area contributed by atoms with Gasteiger partial charge in [-0.15, -0.1) is 0 Å². The number of ether oxygens (including phenoxy) is 3. The van der Waals surface area contributed by atoms with Crippen molar-refractivity contribution in [3.63, 3.8) is 0 Å². The van der Waals surface area contributed by atoms with Crippen molar-refractivity contribution in [3.8, 4) is 5.75 Å². The zero-order valence-corrected chi connectivity index (χ0v) is 21.0. The van der Waals surface area contributed by atoms with Gasteiger partial charge >= 0.3 is 12.1 Å². The second-order valence-corrected chi connectivity index (χ2v) is 9.14. The van der Waals surface area contributed by atoms with E-state index in [-0.39, 0.29) is 33.6 Å². The lowest BCUT2D eigenvalue weighted by molar-refractivity contribution is -0.275. The van der Waals surface area contributed by atoms with E-state index in [1.165, 1.54) is 13.8 Å². The molecule has 1 fully saturated rings. The Morgan fingerprint density at radius 1 is 1.29 bits per heavy atom. The van der Waals surface area contributed by atoms with Crippen LogP contribution in [0.2, 0.25) is 0 Å². The summed E-state index contributed by atoms with van der Waals surface area (Å²) in [4.78, 5) is 28.1. The van der Waals surface area contributed by atoms with Crippen LogP contribution < -0.4 is 10.2 Å². The molecule has 1 aromatic heterocycles. The summed E-state index contributed by atoms with van der Waals surface area (Å²) in [6.07, 6.45) is -6.33. The lowest BCUT2D eigenvalue weighted by Crippen LogP contribution is -2.46. The summed E-state index contributed by atoms with van der Waals surface area (Å²) >= 11 is 3.09. The first kappa shape index (κ1) is 27.1. The normalized spacial score (nSPS) is 24.5. The molecule has 1 aliphatic rings. The van der Waals surface area contributed by atoms with Crippen molar-refractivity contribution in [3.05, 3.63) is 61.0 Å². The van der Waals surface area contributed by atoms with Crippen LogP contribution in [-0.4, -0.2) is 36.4 Å². The SMILES string of the molecule is CCOC(=O)c1c(C)[nH]c([C@@H]2O[C@@](C)(C(F)(F)F)[C@@H](C)[C@H]2c2ccc(F)c(F)c2OC)c(Br)c1=O. The number of benzene rings is 1. The predicted molar refractivity (Wildman–Crippen MR) is 119 cm³/mol. The first-order valence-corrected chi connectivity index (χ1v) is 11.4. The van der Waals surface area contributed by atoms with Gasteiger partial charge < -0.3 is 19.2 Å². The number of carbonyl (C=O) groups is 1. The van der Waals surface area contributed by atoms with E-state index in [1.807, 2.05) is 0 Å². The van der Waals surface area contributed by atoms with Gasteiger partial charge in [0, 0.05) is 23.1 Å². The van der Waals surface area contributed by atoms with Gasteiger partial charge in [0.15, 0.2) is 17.2 Å². The third-order valence-corrected chi connectivity index (χ3v) is 7.22. The first-order valence-electron chi connectivity index (χ1n) is 10.6. The lowest BCUT2D eigenvalue weighted by Gasteiger charge is -2.32. The van der Waals surface area contributed by atoms with E-state index in [9.17, 15) is 31.5 Å². The van der Waals surface area contributed by atoms with Gasteiger partial charge in [0.2, 0.25) is 11.2 Å². The van der Waals surface area contributed by atoms with Crippen LogP contribution in [-0.2, 0) is 9.47 Å². The Hall–Kier alpha value is -2.47. The molecule has 0 saturated carbocycles. The predicted octanol–water partition coefficient (Wildman–Crippen LogP) is 5.72. The highest BCUT2D eigenvalue weighted by Gasteiger charge is 2.65. The highest BCUT2D eigenvalue weighted by Crippen LogP contribution is 2.59. The number of pyridine rings is 1. The van der Waals surface area contributed by atoms with Crippen molar-refractivity contribution in [2.45, 2.75) is 51.5 Å². The number of halogens is 6. The number of hydrogen-bond donors (Lipinski definition) is 1. The number of H-pyrrole nitrogens is 1. The van der Waals surface area contributed by atoms with Crippen molar-refractivity contribution >= 4 is 21.9 Å². The number of aromatic amines is 1. The molecule has 1 N–H and O–H groups in total. The Labute approximate surface area is 205 Å². The third kappa shape index (κ3) is 4.35. The van der Waals surface area contributed by atoms with E-state index in [4.69, 9.17) is 14.2 Å². The topological polar surface area (TPSA) is 77.6 Å². The van der Waals surface area contributed by atoms with Crippen molar-refractivity contribution in [1.29, 1.82) is 0 Å². The summed E-state index contributed by atoms with van der Waals surface area (Å²) in [5.74, 6) is -6.63. The Morgan fingerprint density at radius 3 is 2.46 bits per heavy atom. The van der Waals surface area contributed by atoms with Gasteiger partial charge in [-0.2, -0.15) is 17.6 Å². The highest BCUT2D eigenvalue weighted by molar-refractivity contribution is 9.10. The van der Waals surface area contributed by atoms with Crippen LogP contribution in [0.3, 0.4) is 0 Å². The van der Waals surface area contributed by atoms with Gasteiger partial charge in [0.1, 0.15) is 11.7 Å². The molecule has 4 atom stereocenters. The zero-order chi connectivity index (χ0) is 26.5. The Balaban J connectivity index is 2.30. The van der Waals surface area contributed by atoms with Gasteiger partial charge in [0.05, 0.1) is 23.9 Å². The maximum absolute atomic E-state index is 14.5. The molecule has 2 heterocycles. The molecule has 1 aliphatic heterocycles. The number of hydrogen-bond acceptors (Lipinski definition) is 5. The van der Waals surface area contributed by atoms with E-state index < -0.39 is 58.5 Å². The van der Waals surface area contributed by atoms with Gasteiger partial charge in [0.25, 0.3) is 0 Å². The molecule has 2 aromatic rings. The summed E-state index contributed by atoms with van der Waals surface area (Å²) in [6.45, 7) is 5.06. The summed E-state index contributed by atoms with van der Waals surface area (Å²) in [5, 5.41) is 0. The van der Waals surface area contributed by atoms with Gasteiger partial charge in [-0.3, -0.25) is 4.79 Å². The minimum atomic E-state index is -4.85. The van der Waals surface area contributed by atoms with E-state index in [2.05, 4.69) is 20.9 Å². The van der Waals surface area contributed by atoms with E-state index in [0.717, 1.165) is 26.2 Å². The number of aryl methyl sites for hydroxylation is 1. The number of methoxy groups -OCH3 is 1. The van der Waals surface area contributed by atoms with Crippen molar-refractivity contribution in [2.75, 3.05) is 13.7 Å². The smallest absolute Gasteiger partial charge is 0.417 e. The number of alkyl halides is 3. The monoisotopic (exact) mass is 567 g/mol. The van der Waals surface area contributed by atoms with Crippen molar-refractivity contribution in [1.82, 2.24) is 4.98 Å². The zero-order valence-electron chi connectivity index (χ0n) is 19.4. The molecule has 12 heteroatoms.